The van der Waals surface area contributed by atoms with E-state index < -0.39 is 25.9 Å². The van der Waals surface area contributed by atoms with Crippen LogP contribution in [0.2, 0.25) is 5.02 Å². The van der Waals surface area contributed by atoms with Gasteiger partial charge in [-0.15, -0.1) is 0 Å². The largest absolute Gasteiger partial charge is 0.307 e. The van der Waals surface area contributed by atoms with Gasteiger partial charge in [0.05, 0.1) is 16.5 Å². The van der Waals surface area contributed by atoms with E-state index in [0.717, 1.165) is 10.5 Å². The van der Waals surface area contributed by atoms with E-state index in [9.17, 15) is 16.8 Å². The monoisotopic (exact) mass is 354 g/mol. The van der Waals surface area contributed by atoms with Crippen molar-refractivity contribution in [3.05, 3.63) is 17.3 Å². The van der Waals surface area contributed by atoms with Crippen LogP contribution in [-0.4, -0.2) is 50.2 Å². The summed E-state index contributed by atoms with van der Waals surface area (Å²) in [5.41, 5.74) is 2.24. The fourth-order valence-electron chi connectivity index (χ4n) is 2.14. The molecule has 21 heavy (non-hydrogen) atoms. The molecule has 2 heterocycles. The minimum atomic E-state index is -3.86. The molecule has 1 aliphatic heterocycles. The molecule has 0 saturated carbocycles. The Balaban J connectivity index is 2.36. The summed E-state index contributed by atoms with van der Waals surface area (Å²) < 4.78 is 49.3. The number of sulfone groups is 1. The van der Waals surface area contributed by atoms with Crippen molar-refractivity contribution >= 4 is 37.3 Å². The van der Waals surface area contributed by atoms with Gasteiger partial charge in [-0.2, -0.15) is 4.31 Å². The maximum atomic E-state index is 12.5. The number of pyridine rings is 1. The lowest BCUT2D eigenvalue weighted by molar-refractivity contribution is 0.356. The molecule has 1 fully saturated rings. The second-order valence-electron chi connectivity index (χ2n) is 4.72. The van der Waals surface area contributed by atoms with Gasteiger partial charge in [-0.25, -0.2) is 27.7 Å². The Morgan fingerprint density at radius 2 is 2.19 bits per heavy atom. The predicted octanol–water partition coefficient (Wildman–Crippen LogP) is -0.172. The van der Waals surface area contributed by atoms with Crippen molar-refractivity contribution in [2.75, 3.05) is 23.5 Å². The molecule has 8 nitrogen and oxygen atoms in total. The Hall–Kier alpha value is -0.940. The molecule has 1 aromatic heterocycles. The van der Waals surface area contributed by atoms with Gasteiger partial charge in [0.15, 0.2) is 15.7 Å². The number of nitrogen functional groups attached to an aromatic ring is 1. The number of nitrogens with two attached hydrogens (primary N) is 1. The van der Waals surface area contributed by atoms with Crippen molar-refractivity contribution < 1.29 is 16.8 Å². The first-order chi connectivity index (χ1) is 9.67. The van der Waals surface area contributed by atoms with Crippen LogP contribution in [0.5, 0.6) is 0 Å². The van der Waals surface area contributed by atoms with Crippen LogP contribution in [-0.2, 0) is 19.9 Å². The molecule has 1 atom stereocenters. The van der Waals surface area contributed by atoms with E-state index in [0.29, 0.717) is 0 Å². The van der Waals surface area contributed by atoms with Gasteiger partial charge < -0.3 is 5.43 Å². The van der Waals surface area contributed by atoms with E-state index in [1.54, 1.807) is 6.92 Å². The molecule has 1 unspecified atom stereocenters. The Kier molecular flexibility index (Phi) is 4.45. The average molecular weight is 355 g/mol. The molecule has 1 aromatic rings. The Morgan fingerprint density at radius 3 is 2.71 bits per heavy atom. The Bertz CT molecular complexity index is 750. The van der Waals surface area contributed by atoms with Crippen molar-refractivity contribution in [2.45, 2.75) is 17.9 Å². The van der Waals surface area contributed by atoms with Crippen molar-refractivity contribution in [1.82, 2.24) is 9.29 Å². The molecule has 3 N–H and O–H groups in total. The Morgan fingerprint density at radius 1 is 1.52 bits per heavy atom. The normalized spacial score (nSPS) is 22.9. The fourth-order valence-corrected chi connectivity index (χ4v) is 5.80. The molecule has 2 rings (SSSR count). The lowest BCUT2D eigenvalue weighted by Gasteiger charge is -2.32. The van der Waals surface area contributed by atoms with Crippen LogP contribution < -0.4 is 11.3 Å². The van der Waals surface area contributed by atoms with Gasteiger partial charge >= 0.3 is 0 Å². The van der Waals surface area contributed by atoms with Gasteiger partial charge in [0.25, 0.3) is 0 Å². The number of rotatable bonds is 3. The molecule has 0 amide bonds. The van der Waals surface area contributed by atoms with Crippen LogP contribution in [0.3, 0.4) is 0 Å². The highest BCUT2D eigenvalue weighted by Gasteiger charge is 2.36. The van der Waals surface area contributed by atoms with Gasteiger partial charge in [0, 0.05) is 18.8 Å². The lowest BCUT2D eigenvalue weighted by atomic mass is 10.4. The van der Waals surface area contributed by atoms with E-state index in [4.69, 9.17) is 17.4 Å². The maximum Gasteiger partial charge on any atom is 0.244 e. The van der Waals surface area contributed by atoms with Gasteiger partial charge in [-0.1, -0.05) is 11.6 Å². The standard InChI is InChI=1S/C10H15ClN4O4S2/c1-7-6-20(16,17)3-2-15(7)21(18,19)8-4-9(11)10(14-12)13-5-8/h4-5,7H,2-3,6,12H2,1H3,(H,13,14). The molecule has 11 heteroatoms. The zero-order valence-electron chi connectivity index (χ0n) is 11.2. The van der Waals surface area contributed by atoms with E-state index >= 15 is 0 Å². The van der Waals surface area contributed by atoms with E-state index in [1.807, 2.05) is 0 Å². The second kappa shape index (κ2) is 5.69. The number of halogens is 1. The zero-order valence-corrected chi connectivity index (χ0v) is 13.5. The van der Waals surface area contributed by atoms with Crippen LogP contribution in [0.25, 0.3) is 0 Å². The average Bonchev–Trinajstić information content (AvgIpc) is 2.36. The number of aromatic nitrogens is 1. The van der Waals surface area contributed by atoms with Crippen LogP contribution in [0, 0.1) is 0 Å². The lowest BCUT2D eigenvalue weighted by Crippen LogP contribution is -2.49. The van der Waals surface area contributed by atoms with Gasteiger partial charge in [-0.3, -0.25) is 0 Å². The minimum absolute atomic E-state index is 0.0656. The molecular formula is C10H15ClN4O4S2. The summed E-state index contributed by atoms with van der Waals surface area (Å²) in [7, 11) is -7.06. The molecule has 0 radical (unpaired) electrons. The van der Waals surface area contributed by atoms with Gasteiger partial charge in [-0.05, 0) is 13.0 Å². The van der Waals surface area contributed by atoms with Crippen LogP contribution >= 0.6 is 11.6 Å². The molecule has 1 saturated heterocycles. The number of nitrogens with zero attached hydrogens (tertiary/aromatic N) is 2. The number of nitrogens with one attached hydrogen (secondary N) is 1. The number of sulfonamides is 1. The second-order valence-corrected chi connectivity index (χ2v) is 9.25. The zero-order chi connectivity index (χ0) is 15.8. The summed E-state index contributed by atoms with van der Waals surface area (Å²) in [6, 6.07) is 0.592. The van der Waals surface area contributed by atoms with Gasteiger partial charge in [0.1, 0.15) is 4.90 Å². The number of hydrogen-bond donors (Lipinski definition) is 2. The first kappa shape index (κ1) is 16.4. The van der Waals surface area contributed by atoms with Crippen LogP contribution in [0.4, 0.5) is 5.82 Å². The van der Waals surface area contributed by atoms with Gasteiger partial charge in [0.2, 0.25) is 10.0 Å². The number of anilines is 1. The Labute approximate surface area is 128 Å². The third-order valence-corrected chi connectivity index (χ3v) is 7.23. The van der Waals surface area contributed by atoms with E-state index in [-0.39, 0.29) is 33.8 Å². The summed E-state index contributed by atoms with van der Waals surface area (Å²) >= 11 is 5.87. The highest BCUT2D eigenvalue weighted by Crippen LogP contribution is 2.26. The molecule has 0 aliphatic carbocycles. The van der Waals surface area contributed by atoms with Crippen LogP contribution in [0.1, 0.15) is 6.92 Å². The summed E-state index contributed by atoms with van der Waals surface area (Å²) in [5, 5.41) is 0.0656. The highest BCUT2D eigenvalue weighted by molar-refractivity contribution is 7.92. The van der Waals surface area contributed by atoms with Crippen molar-refractivity contribution in [3.63, 3.8) is 0 Å². The summed E-state index contributed by atoms with van der Waals surface area (Å²) in [6.45, 7) is 1.47. The topological polar surface area (TPSA) is 122 Å². The first-order valence-corrected chi connectivity index (χ1v) is 9.66. The molecule has 1 aliphatic rings. The van der Waals surface area contributed by atoms with Crippen molar-refractivity contribution in [2.24, 2.45) is 5.84 Å². The fraction of sp³-hybridized carbons (Fsp3) is 0.500. The predicted molar refractivity (Wildman–Crippen MR) is 79.1 cm³/mol. The first-order valence-electron chi connectivity index (χ1n) is 6.02. The van der Waals surface area contributed by atoms with Crippen molar-refractivity contribution in [1.29, 1.82) is 0 Å². The van der Waals surface area contributed by atoms with E-state index in [2.05, 4.69) is 10.4 Å². The molecule has 0 bridgehead atoms. The third kappa shape index (κ3) is 3.29. The molecule has 118 valence electrons. The van der Waals surface area contributed by atoms with Crippen molar-refractivity contribution in [3.8, 4) is 0 Å². The molecule has 0 aromatic carbocycles. The molecular weight excluding hydrogens is 340 g/mol. The number of hydrogen-bond acceptors (Lipinski definition) is 7. The maximum absolute atomic E-state index is 12.5. The highest BCUT2D eigenvalue weighted by atomic mass is 35.5. The minimum Gasteiger partial charge on any atom is -0.307 e. The number of hydrazine groups is 1. The SMILES string of the molecule is CC1CS(=O)(=O)CCN1S(=O)(=O)c1cnc(NN)c(Cl)c1. The smallest absolute Gasteiger partial charge is 0.244 e. The molecule has 0 spiro atoms. The van der Waals surface area contributed by atoms with Crippen LogP contribution in [0.15, 0.2) is 17.2 Å². The summed E-state index contributed by atoms with van der Waals surface area (Å²) in [5.74, 6) is 4.95. The summed E-state index contributed by atoms with van der Waals surface area (Å²) in [6.07, 6.45) is 1.13. The third-order valence-electron chi connectivity index (χ3n) is 3.17. The quantitative estimate of drug-likeness (QED) is 0.570. The van der Waals surface area contributed by atoms with E-state index in [1.165, 1.54) is 6.07 Å². The summed E-state index contributed by atoms with van der Waals surface area (Å²) in [4.78, 5) is 3.72.